The van der Waals surface area contributed by atoms with Crippen LogP contribution in [0.3, 0.4) is 0 Å². The maximum Gasteiger partial charge on any atom is 0.0670 e. The van der Waals surface area contributed by atoms with E-state index in [1.807, 2.05) is 7.11 Å². The number of nitrogens with one attached hydrogen (secondary N) is 1. The lowest BCUT2D eigenvalue weighted by atomic mass is 9.83. The molecule has 3 aliphatic rings. The van der Waals surface area contributed by atoms with E-state index in [1.165, 1.54) is 51.6 Å². The quantitative estimate of drug-likeness (QED) is 0.845. The van der Waals surface area contributed by atoms with Gasteiger partial charge in [-0.05, 0) is 45.4 Å². The Kier molecular flexibility index (Phi) is 3.65. The molecule has 2 unspecified atom stereocenters. The van der Waals surface area contributed by atoms with Crippen molar-refractivity contribution in [3.05, 3.63) is 0 Å². The molecule has 19 heavy (non-hydrogen) atoms. The van der Waals surface area contributed by atoms with Crippen LogP contribution in [0.1, 0.15) is 52.4 Å². The predicted molar refractivity (Wildman–Crippen MR) is 78.4 cm³/mol. The predicted octanol–water partition coefficient (Wildman–Crippen LogP) is 2.41. The first-order valence-electron chi connectivity index (χ1n) is 8.11. The molecule has 3 nitrogen and oxygen atoms in total. The van der Waals surface area contributed by atoms with Gasteiger partial charge in [-0.2, -0.15) is 0 Å². The van der Waals surface area contributed by atoms with E-state index in [0.717, 1.165) is 12.5 Å². The standard InChI is InChI=1S/C16H30N2O/c1-13(19-3)10-18-12-15(2,14-6-7-14)17-11-16(18)8-4-5-9-16/h13-14,17H,4-12H2,1-3H3. The van der Waals surface area contributed by atoms with Crippen LogP contribution in [0.25, 0.3) is 0 Å². The fraction of sp³-hybridized carbons (Fsp3) is 1.00. The summed E-state index contributed by atoms with van der Waals surface area (Å²) in [4.78, 5) is 2.78. The van der Waals surface area contributed by atoms with Crippen molar-refractivity contribution in [2.24, 2.45) is 5.92 Å². The monoisotopic (exact) mass is 266 g/mol. The van der Waals surface area contributed by atoms with E-state index in [1.54, 1.807) is 0 Å². The van der Waals surface area contributed by atoms with E-state index >= 15 is 0 Å². The molecule has 0 bridgehead atoms. The number of rotatable bonds is 4. The van der Waals surface area contributed by atoms with Crippen molar-refractivity contribution in [2.45, 2.75) is 69.6 Å². The Hall–Kier alpha value is -0.120. The van der Waals surface area contributed by atoms with Gasteiger partial charge in [-0.1, -0.05) is 12.8 Å². The lowest BCUT2D eigenvalue weighted by Gasteiger charge is -2.53. The van der Waals surface area contributed by atoms with Gasteiger partial charge in [0.1, 0.15) is 0 Å². The first-order chi connectivity index (χ1) is 9.08. The van der Waals surface area contributed by atoms with Gasteiger partial charge in [-0.3, -0.25) is 4.90 Å². The Balaban J connectivity index is 1.75. The van der Waals surface area contributed by atoms with Crippen LogP contribution >= 0.6 is 0 Å². The Morgan fingerprint density at radius 3 is 2.58 bits per heavy atom. The highest BCUT2D eigenvalue weighted by molar-refractivity contribution is 5.10. The largest absolute Gasteiger partial charge is 0.380 e. The molecule has 0 aromatic carbocycles. The molecular formula is C16H30N2O. The second-order valence-electron chi connectivity index (χ2n) is 7.40. The van der Waals surface area contributed by atoms with Crippen molar-refractivity contribution in [2.75, 3.05) is 26.7 Å². The molecule has 0 amide bonds. The molecule has 2 atom stereocenters. The van der Waals surface area contributed by atoms with Crippen molar-refractivity contribution in [1.29, 1.82) is 0 Å². The van der Waals surface area contributed by atoms with Gasteiger partial charge in [0.05, 0.1) is 6.10 Å². The summed E-state index contributed by atoms with van der Waals surface area (Å²) in [5.41, 5.74) is 0.780. The topological polar surface area (TPSA) is 24.5 Å². The summed E-state index contributed by atoms with van der Waals surface area (Å²) >= 11 is 0. The Labute approximate surface area is 118 Å². The van der Waals surface area contributed by atoms with E-state index in [2.05, 4.69) is 24.1 Å². The summed E-state index contributed by atoms with van der Waals surface area (Å²) in [6.07, 6.45) is 8.74. The van der Waals surface area contributed by atoms with E-state index in [4.69, 9.17) is 4.74 Å². The zero-order valence-corrected chi connectivity index (χ0v) is 12.9. The van der Waals surface area contributed by atoms with E-state index in [9.17, 15) is 0 Å². The van der Waals surface area contributed by atoms with Gasteiger partial charge in [0, 0.05) is 37.8 Å². The lowest BCUT2D eigenvalue weighted by molar-refractivity contribution is -0.0287. The van der Waals surface area contributed by atoms with Crippen LogP contribution in [0.2, 0.25) is 0 Å². The third kappa shape index (κ3) is 2.57. The van der Waals surface area contributed by atoms with E-state index in [-0.39, 0.29) is 0 Å². The van der Waals surface area contributed by atoms with Crippen molar-refractivity contribution in [1.82, 2.24) is 10.2 Å². The van der Waals surface area contributed by atoms with Crippen molar-refractivity contribution in [3.8, 4) is 0 Å². The highest BCUT2D eigenvalue weighted by Crippen LogP contribution is 2.45. The molecule has 110 valence electrons. The van der Waals surface area contributed by atoms with Gasteiger partial charge >= 0.3 is 0 Å². The summed E-state index contributed by atoms with van der Waals surface area (Å²) in [6, 6.07) is 0. The number of nitrogens with zero attached hydrogens (tertiary/aromatic N) is 1. The van der Waals surface area contributed by atoms with Crippen molar-refractivity contribution >= 4 is 0 Å². The van der Waals surface area contributed by atoms with Gasteiger partial charge < -0.3 is 10.1 Å². The number of methoxy groups -OCH3 is 1. The van der Waals surface area contributed by atoms with Crippen LogP contribution in [0.15, 0.2) is 0 Å². The summed E-state index contributed by atoms with van der Waals surface area (Å²) in [5, 5.41) is 3.93. The molecule has 0 radical (unpaired) electrons. The highest BCUT2D eigenvalue weighted by Gasteiger charge is 2.51. The third-order valence-corrected chi connectivity index (χ3v) is 5.90. The second kappa shape index (κ2) is 5.01. The van der Waals surface area contributed by atoms with Crippen LogP contribution in [0, 0.1) is 5.92 Å². The molecule has 1 N–H and O–H groups in total. The minimum absolute atomic E-state index is 0.346. The van der Waals surface area contributed by atoms with Gasteiger partial charge in [-0.25, -0.2) is 0 Å². The first kappa shape index (κ1) is 13.8. The second-order valence-corrected chi connectivity index (χ2v) is 7.40. The van der Waals surface area contributed by atoms with Crippen LogP contribution in [-0.2, 0) is 4.74 Å². The molecule has 3 heteroatoms. The molecule has 2 saturated carbocycles. The molecule has 2 aliphatic carbocycles. The summed E-state index contributed by atoms with van der Waals surface area (Å²) in [7, 11) is 1.84. The zero-order chi connectivity index (χ0) is 13.5. The van der Waals surface area contributed by atoms with Crippen LogP contribution in [-0.4, -0.2) is 48.8 Å². The van der Waals surface area contributed by atoms with E-state index < -0.39 is 0 Å². The summed E-state index contributed by atoms with van der Waals surface area (Å²) < 4.78 is 5.54. The number of hydrogen-bond donors (Lipinski definition) is 1. The molecule has 1 saturated heterocycles. The average molecular weight is 266 g/mol. The molecule has 0 aromatic rings. The minimum Gasteiger partial charge on any atom is -0.380 e. The number of ether oxygens (including phenoxy) is 1. The first-order valence-corrected chi connectivity index (χ1v) is 8.11. The molecular weight excluding hydrogens is 236 g/mol. The molecule has 3 rings (SSSR count). The third-order valence-electron chi connectivity index (χ3n) is 5.90. The highest BCUT2D eigenvalue weighted by atomic mass is 16.5. The summed E-state index contributed by atoms with van der Waals surface area (Å²) in [5.74, 6) is 0.909. The van der Waals surface area contributed by atoms with Crippen LogP contribution in [0.5, 0.6) is 0 Å². The van der Waals surface area contributed by atoms with Crippen LogP contribution < -0.4 is 5.32 Å². The molecule has 1 spiro atoms. The normalized spacial score (nSPS) is 36.8. The zero-order valence-electron chi connectivity index (χ0n) is 12.9. The van der Waals surface area contributed by atoms with Crippen molar-refractivity contribution in [3.63, 3.8) is 0 Å². The fourth-order valence-corrected chi connectivity index (χ4v) is 4.26. The maximum atomic E-state index is 5.54. The molecule has 1 heterocycles. The Bertz CT molecular complexity index is 323. The van der Waals surface area contributed by atoms with Gasteiger partial charge in [0.15, 0.2) is 0 Å². The van der Waals surface area contributed by atoms with Gasteiger partial charge in [-0.15, -0.1) is 0 Å². The number of hydrogen-bond acceptors (Lipinski definition) is 3. The Morgan fingerprint density at radius 2 is 2.00 bits per heavy atom. The smallest absolute Gasteiger partial charge is 0.0670 e. The lowest BCUT2D eigenvalue weighted by Crippen LogP contribution is -2.69. The van der Waals surface area contributed by atoms with E-state index in [0.29, 0.717) is 17.2 Å². The number of piperazine rings is 1. The van der Waals surface area contributed by atoms with Crippen molar-refractivity contribution < 1.29 is 4.74 Å². The molecule has 0 aromatic heterocycles. The van der Waals surface area contributed by atoms with Crippen LogP contribution in [0.4, 0.5) is 0 Å². The maximum absolute atomic E-state index is 5.54. The van der Waals surface area contributed by atoms with Gasteiger partial charge in [0.25, 0.3) is 0 Å². The van der Waals surface area contributed by atoms with Gasteiger partial charge in [0.2, 0.25) is 0 Å². The fourth-order valence-electron chi connectivity index (χ4n) is 4.26. The molecule has 1 aliphatic heterocycles. The Morgan fingerprint density at radius 1 is 1.32 bits per heavy atom. The summed E-state index contributed by atoms with van der Waals surface area (Å²) in [6.45, 7) is 8.15. The minimum atomic E-state index is 0.346. The average Bonchev–Trinajstić information content (AvgIpc) is 3.16. The SMILES string of the molecule is COC(C)CN1CC(C)(C2CC2)NCC12CCCC2. The molecule has 3 fully saturated rings.